The second kappa shape index (κ2) is 7.77. The summed E-state index contributed by atoms with van der Waals surface area (Å²) in [6.45, 7) is 2.07. The first kappa shape index (κ1) is 16.3. The fourth-order valence-electron chi connectivity index (χ4n) is 1.89. The molecule has 0 fully saturated rings. The van der Waals surface area contributed by atoms with Gasteiger partial charge >= 0.3 is 0 Å². The van der Waals surface area contributed by atoms with Crippen LogP contribution in [-0.2, 0) is 6.42 Å². The predicted octanol–water partition coefficient (Wildman–Crippen LogP) is 3.53. The Bertz CT molecular complexity index is 673. The number of para-hydroxylation sites is 1. The number of anilines is 1. The topological polar surface area (TPSA) is 53.2 Å². The summed E-state index contributed by atoms with van der Waals surface area (Å²) in [4.78, 5) is 11.9. The highest BCUT2D eigenvalue weighted by atomic mass is 35.5. The minimum Gasteiger partial charge on any atom is -0.331 e. The maximum absolute atomic E-state index is 11.9. The molecule has 114 valence electrons. The standard InChI is InChI=1S/C16H16ClN3OS/c1-2-11-5-3-4-6-14(11)18-16(22)20-19-15(21)12-7-9-13(17)10-8-12/h3-10H,2H2,1H3,(H,19,21)(H2,18,20,22). The van der Waals surface area contributed by atoms with Gasteiger partial charge in [0.2, 0.25) is 0 Å². The lowest BCUT2D eigenvalue weighted by Crippen LogP contribution is -2.43. The Morgan fingerprint density at radius 1 is 1.09 bits per heavy atom. The van der Waals surface area contributed by atoms with Crippen molar-refractivity contribution >= 4 is 40.5 Å². The van der Waals surface area contributed by atoms with Crippen LogP contribution in [-0.4, -0.2) is 11.0 Å². The number of hydrogen-bond donors (Lipinski definition) is 3. The monoisotopic (exact) mass is 333 g/mol. The SMILES string of the molecule is CCc1ccccc1NC(=S)NNC(=O)c1ccc(Cl)cc1. The zero-order valence-electron chi connectivity index (χ0n) is 12.0. The number of carbonyl (C=O) groups is 1. The average Bonchev–Trinajstić information content (AvgIpc) is 2.54. The van der Waals surface area contributed by atoms with Gasteiger partial charge in [-0.25, -0.2) is 0 Å². The molecule has 2 rings (SSSR count). The van der Waals surface area contributed by atoms with Crippen LogP contribution in [0.1, 0.15) is 22.8 Å². The van der Waals surface area contributed by atoms with E-state index < -0.39 is 0 Å². The van der Waals surface area contributed by atoms with Crippen molar-refractivity contribution in [1.29, 1.82) is 0 Å². The van der Waals surface area contributed by atoms with Crippen LogP contribution in [0.3, 0.4) is 0 Å². The van der Waals surface area contributed by atoms with E-state index in [0.29, 0.717) is 15.7 Å². The number of amides is 1. The summed E-state index contributed by atoms with van der Waals surface area (Å²) in [5.74, 6) is -0.287. The third-order valence-electron chi connectivity index (χ3n) is 3.04. The highest BCUT2D eigenvalue weighted by Crippen LogP contribution is 2.15. The van der Waals surface area contributed by atoms with E-state index in [4.69, 9.17) is 23.8 Å². The van der Waals surface area contributed by atoms with Gasteiger partial charge in [-0.15, -0.1) is 0 Å². The second-order valence-corrected chi connectivity index (χ2v) is 5.40. The lowest BCUT2D eigenvalue weighted by atomic mass is 10.1. The Morgan fingerprint density at radius 3 is 2.45 bits per heavy atom. The van der Waals surface area contributed by atoms with E-state index in [1.165, 1.54) is 0 Å². The van der Waals surface area contributed by atoms with Crippen LogP contribution in [0.2, 0.25) is 5.02 Å². The number of rotatable bonds is 3. The first-order valence-corrected chi connectivity index (χ1v) is 7.59. The zero-order chi connectivity index (χ0) is 15.9. The van der Waals surface area contributed by atoms with Gasteiger partial charge in [0.25, 0.3) is 5.91 Å². The second-order valence-electron chi connectivity index (χ2n) is 4.55. The summed E-state index contributed by atoms with van der Waals surface area (Å²) in [6.07, 6.45) is 0.892. The van der Waals surface area contributed by atoms with Gasteiger partial charge in [0.15, 0.2) is 5.11 Å². The molecule has 0 heterocycles. The third kappa shape index (κ3) is 4.44. The molecule has 22 heavy (non-hydrogen) atoms. The van der Waals surface area contributed by atoms with Crippen molar-refractivity contribution in [3.63, 3.8) is 0 Å². The van der Waals surface area contributed by atoms with Gasteiger partial charge in [0.05, 0.1) is 0 Å². The summed E-state index contributed by atoms with van der Waals surface area (Å²) >= 11 is 11.0. The molecule has 0 aliphatic carbocycles. The highest BCUT2D eigenvalue weighted by Gasteiger charge is 2.06. The van der Waals surface area contributed by atoms with Crippen LogP contribution in [0.25, 0.3) is 0 Å². The molecule has 0 unspecified atom stereocenters. The molecule has 4 nitrogen and oxygen atoms in total. The van der Waals surface area contributed by atoms with Crippen molar-refractivity contribution in [2.24, 2.45) is 0 Å². The van der Waals surface area contributed by atoms with Crippen LogP contribution < -0.4 is 16.2 Å². The Labute approximate surface area is 139 Å². The Morgan fingerprint density at radius 2 is 1.77 bits per heavy atom. The average molecular weight is 334 g/mol. The molecule has 0 aliphatic rings. The molecular weight excluding hydrogens is 318 g/mol. The summed E-state index contributed by atoms with van der Waals surface area (Å²) in [7, 11) is 0. The summed E-state index contributed by atoms with van der Waals surface area (Å²) in [5, 5.41) is 3.97. The lowest BCUT2D eigenvalue weighted by molar-refractivity contribution is 0.0944. The number of hydrazine groups is 1. The summed E-state index contributed by atoms with van der Waals surface area (Å²) < 4.78 is 0. The molecule has 3 N–H and O–H groups in total. The van der Waals surface area contributed by atoms with Crippen LogP contribution in [0.15, 0.2) is 48.5 Å². The van der Waals surface area contributed by atoms with E-state index in [0.717, 1.165) is 17.7 Å². The van der Waals surface area contributed by atoms with Gasteiger partial charge in [-0.2, -0.15) is 0 Å². The number of hydrogen-bond acceptors (Lipinski definition) is 2. The van der Waals surface area contributed by atoms with Gasteiger partial charge in [0, 0.05) is 16.3 Å². The van der Waals surface area contributed by atoms with Crippen molar-refractivity contribution in [2.45, 2.75) is 13.3 Å². The van der Waals surface area contributed by atoms with Crippen molar-refractivity contribution in [2.75, 3.05) is 5.32 Å². The molecule has 0 aliphatic heterocycles. The molecule has 2 aromatic carbocycles. The van der Waals surface area contributed by atoms with E-state index in [-0.39, 0.29) is 5.91 Å². The summed E-state index contributed by atoms with van der Waals surface area (Å²) in [5.41, 5.74) is 7.79. The van der Waals surface area contributed by atoms with Crippen LogP contribution >= 0.6 is 23.8 Å². The van der Waals surface area contributed by atoms with Crippen LogP contribution in [0, 0.1) is 0 Å². The molecule has 0 radical (unpaired) electrons. The van der Waals surface area contributed by atoms with Crippen molar-refractivity contribution in [1.82, 2.24) is 10.9 Å². The van der Waals surface area contributed by atoms with E-state index in [2.05, 4.69) is 23.1 Å². The first-order valence-electron chi connectivity index (χ1n) is 6.81. The molecule has 0 saturated heterocycles. The van der Waals surface area contributed by atoms with E-state index in [1.807, 2.05) is 24.3 Å². The molecule has 6 heteroatoms. The van der Waals surface area contributed by atoms with E-state index >= 15 is 0 Å². The predicted molar refractivity (Wildman–Crippen MR) is 94.1 cm³/mol. The molecule has 0 spiro atoms. The van der Waals surface area contributed by atoms with Crippen LogP contribution in [0.4, 0.5) is 5.69 Å². The fraction of sp³-hybridized carbons (Fsp3) is 0.125. The zero-order valence-corrected chi connectivity index (χ0v) is 13.6. The fourth-order valence-corrected chi connectivity index (χ4v) is 2.18. The largest absolute Gasteiger partial charge is 0.331 e. The van der Waals surface area contributed by atoms with Crippen molar-refractivity contribution < 1.29 is 4.79 Å². The summed E-state index contributed by atoms with van der Waals surface area (Å²) in [6, 6.07) is 14.5. The maximum atomic E-state index is 11.9. The molecule has 0 atom stereocenters. The number of aryl methyl sites for hydroxylation is 1. The highest BCUT2D eigenvalue weighted by molar-refractivity contribution is 7.80. The van der Waals surface area contributed by atoms with Gasteiger partial charge < -0.3 is 5.32 Å². The number of halogens is 1. The number of nitrogens with one attached hydrogen (secondary N) is 3. The van der Waals surface area contributed by atoms with Gasteiger partial charge in [0.1, 0.15) is 0 Å². The Balaban J connectivity index is 1.90. The van der Waals surface area contributed by atoms with E-state index in [9.17, 15) is 4.79 Å². The smallest absolute Gasteiger partial charge is 0.269 e. The third-order valence-corrected chi connectivity index (χ3v) is 3.50. The Hall–Kier alpha value is -2.11. The first-order chi connectivity index (χ1) is 10.6. The molecular formula is C16H16ClN3OS. The molecule has 0 aromatic heterocycles. The molecule has 0 bridgehead atoms. The minimum absolute atomic E-state index is 0.287. The van der Waals surface area contributed by atoms with Crippen molar-refractivity contribution in [3.05, 3.63) is 64.7 Å². The minimum atomic E-state index is -0.287. The van der Waals surface area contributed by atoms with E-state index in [1.54, 1.807) is 24.3 Å². The normalized spacial score (nSPS) is 9.91. The number of carbonyl (C=O) groups excluding carboxylic acids is 1. The number of benzene rings is 2. The molecule has 1 amide bonds. The Kier molecular flexibility index (Phi) is 5.75. The van der Waals surface area contributed by atoms with Gasteiger partial charge in [-0.1, -0.05) is 36.7 Å². The quantitative estimate of drug-likeness (QED) is 0.594. The molecule has 2 aromatic rings. The van der Waals surface area contributed by atoms with Crippen molar-refractivity contribution in [3.8, 4) is 0 Å². The lowest BCUT2D eigenvalue weighted by Gasteiger charge is -2.14. The van der Waals surface area contributed by atoms with Crippen LogP contribution in [0.5, 0.6) is 0 Å². The van der Waals surface area contributed by atoms with Gasteiger partial charge in [-0.3, -0.25) is 15.6 Å². The number of thiocarbonyl (C=S) groups is 1. The van der Waals surface area contributed by atoms with Gasteiger partial charge in [-0.05, 0) is 54.5 Å². The maximum Gasteiger partial charge on any atom is 0.269 e. The molecule has 0 saturated carbocycles.